The van der Waals surface area contributed by atoms with E-state index < -0.39 is 0 Å². The van der Waals surface area contributed by atoms with Crippen molar-refractivity contribution in [1.29, 1.82) is 0 Å². The van der Waals surface area contributed by atoms with Crippen molar-refractivity contribution in [1.82, 2.24) is 15.1 Å². The van der Waals surface area contributed by atoms with Gasteiger partial charge < -0.3 is 5.32 Å². The normalized spacial score (nSPS) is 14.2. The molecule has 0 fully saturated rings. The van der Waals surface area contributed by atoms with Crippen molar-refractivity contribution in [2.24, 2.45) is 0 Å². The number of hydrogen-bond acceptors (Lipinski definition) is 2. The first-order valence-corrected chi connectivity index (χ1v) is 8.29. The molecule has 0 saturated carbocycles. The number of nitrogens with zero attached hydrogens (tertiary/aromatic N) is 2. The highest BCUT2D eigenvalue weighted by Gasteiger charge is 2.19. The number of hydrogen-bond donors (Lipinski definition) is 1. The van der Waals surface area contributed by atoms with Gasteiger partial charge >= 0.3 is 0 Å². The highest BCUT2D eigenvalue weighted by Crippen LogP contribution is 2.27. The van der Waals surface area contributed by atoms with Crippen LogP contribution < -0.4 is 5.32 Å². The molecule has 2 aromatic rings. The lowest BCUT2D eigenvalue weighted by Crippen LogP contribution is -2.23. The molecule has 3 nitrogen and oxygen atoms in total. The standard InChI is InChI=1S/C17H24BrN3/c1-6-21-14(5)17(13(4)20-21)12(3)19-11(2)15-9-7-8-10-16(15)18/h7-12,19H,6H2,1-5H3. The molecule has 0 radical (unpaired) electrons. The van der Waals surface area contributed by atoms with E-state index in [2.05, 4.69) is 83.8 Å². The Kier molecular flexibility index (Phi) is 5.22. The van der Waals surface area contributed by atoms with Gasteiger partial charge in [-0.1, -0.05) is 34.1 Å². The summed E-state index contributed by atoms with van der Waals surface area (Å²) in [5.41, 5.74) is 4.97. The van der Waals surface area contributed by atoms with E-state index in [1.165, 1.54) is 16.8 Å². The topological polar surface area (TPSA) is 29.9 Å². The molecule has 2 rings (SSSR count). The minimum absolute atomic E-state index is 0.271. The van der Waals surface area contributed by atoms with E-state index >= 15 is 0 Å². The van der Waals surface area contributed by atoms with Gasteiger partial charge in [-0.15, -0.1) is 0 Å². The summed E-state index contributed by atoms with van der Waals surface area (Å²) in [6, 6.07) is 8.91. The summed E-state index contributed by atoms with van der Waals surface area (Å²) in [5, 5.41) is 8.30. The van der Waals surface area contributed by atoms with Crippen LogP contribution in [0.2, 0.25) is 0 Å². The molecule has 21 heavy (non-hydrogen) atoms. The Bertz CT molecular complexity index is 618. The highest BCUT2D eigenvalue weighted by atomic mass is 79.9. The maximum absolute atomic E-state index is 4.61. The molecule has 0 saturated heterocycles. The van der Waals surface area contributed by atoms with E-state index in [1.54, 1.807) is 0 Å². The Morgan fingerprint density at radius 1 is 1.19 bits per heavy atom. The zero-order valence-corrected chi connectivity index (χ0v) is 15.0. The van der Waals surface area contributed by atoms with Gasteiger partial charge in [-0.2, -0.15) is 5.10 Å². The molecule has 0 aliphatic heterocycles. The minimum Gasteiger partial charge on any atom is -0.303 e. The Balaban J connectivity index is 2.20. The minimum atomic E-state index is 0.271. The van der Waals surface area contributed by atoms with E-state index in [4.69, 9.17) is 0 Å². The molecule has 0 amide bonds. The third-order valence-corrected chi connectivity index (χ3v) is 4.76. The van der Waals surface area contributed by atoms with Gasteiger partial charge in [-0.05, 0) is 46.2 Å². The lowest BCUT2D eigenvalue weighted by Gasteiger charge is -2.22. The van der Waals surface area contributed by atoms with Crippen molar-refractivity contribution in [2.45, 2.75) is 53.2 Å². The van der Waals surface area contributed by atoms with Crippen molar-refractivity contribution in [2.75, 3.05) is 0 Å². The highest BCUT2D eigenvalue weighted by molar-refractivity contribution is 9.10. The van der Waals surface area contributed by atoms with Gasteiger partial charge in [0.15, 0.2) is 0 Å². The third kappa shape index (κ3) is 3.38. The van der Waals surface area contributed by atoms with Crippen LogP contribution in [-0.2, 0) is 6.54 Å². The molecular formula is C17H24BrN3. The molecule has 0 spiro atoms. The fourth-order valence-corrected chi connectivity index (χ4v) is 3.65. The van der Waals surface area contributed by atoms with Crippen LogP contribution >= 0.6 is 15.9 Å². The fraction of sp³-hybridized carbons (Fsp3) is 0.471. The Hall–Kier alpha value is -1.13. The van der Waals surface area contributed by atoms with Gasteiger partial charge in [0.25, 0.3) is 0 Å². The molecule has 1 heterocycles. The first kappa shape index (κ1) is 16.2. The van der Waals surface area contributed by atoms with Crippen molar-refractivity contribution < 1.29 is 0 Å². The van der Waals surface area contributed by atoms with Gasteiger partial charge in [0, 0.05) is 34.4 Å². The number of aryl methyl sites for hydroxylation is 2. The summed E-state index contributed by atoms with van der Waals surface area (Å²) < 4.78 is 3.22. The molecule has 1 aromatic heterocycles. The first-order valence-electron chi connectivity index (χ1n) is 7.50. The number of benzene rings is 1. The SMILES string of the molecule is CCn1nc(C)c(C(C)NC(C)c2ccccc2Br)c1C. The van der Waals surface area contributed by atoms with Crippen LogP contribution in [0.15, 0.2) is 28.7 Å². The Labute approximate surface area is 135 Å². The van der Waals surface area contributed by atoms with Gasteiger partial charge in [-0.3, -0.25) is 4.68 Å². The van der Waals surface area contributed by atoms with Crippen molar-refractivity contribution in [3.8, 4) is 0 Å². The molecule has 0 aliphatic rings. The summed E-state index contributed by atoms with van der Waals surface area (Å²) in [5.74, 6) is 0. The van der Waals surface area contributed by atoms with E-state index in [1.807, 2.05) is 6.07 Å². The molecule has 4 heteroatoms. The fourth-order valence-electron chi connectivity index (χ4n) is 3.02. The monoisotopic (exact) mass is 349 g/mol. The second kappa shape index (κ2) is 6.75. The maximum atomic E-state index is 4.61. The van der Waals surface area contributed by atoms with Gasteiger partial charge in [0.1, 0.15) is 0 Å². The van der Waals surface area contributed by atoms with Crippen LogP contribution in [0.5, 0.6) is 0 Å². The Morgan fingerprint density at radius 3 is 2.43 bits per heavy atom. The van der Waals surface area contributed by atoms with E-state index in [0.717, 1.165) is 16.7 Å². The average Bonchev–Trinajstić information content (AvgIpc) is 2.73. The van der Waals surface area contributed by atoms with E-state index in [0.29, 0.717) is 0 Å². The number of halogens is 1. The molecule has 1 aromatic carbocycles. The lowest BCUT2D eigenvalue weighted by atomic mass is 10.0. The van der Waals surface area contributed by atoms with Crippen LogP contribution in [0.25, 0.3) is 0 Å². The third-order valence-electron chi connectivity index (χ3n) is 4.04. The smallest absolute Gasteiger partial charge is 0.0644 e. The summed E-state index contributed by atoms with van der Waals surface area (Å²) >= 11 is 3.63. The quantitative estimate of drug-likeness (QED) is 0.848. The summed E-state index contributed by atoms with van der Waals surface area (Å²) in [6.07, 6.45) is 0. The van der Waals surface area contributed by atoms with Crippen LogP contribution in [0, 0.1) is 13.8 Å². The molecule has 2 atom stereocenters. The maximum Gasteiger partial charge on any atom is 0.0644 e. The van der Waals surface area contributed by atoms with Gasteiger partial charge in [-0.25, -0.2) is 0 Å². The summed E-state index contributed by atoms with van der Waals surface area (Å²) in [4.78, 5) is 0. The second-order valence-corrected chi connectivity index (χ2v) is 6.39. The second-order valence-electron chi connectivity index (χ2n) is 5.53. The average molecular weight is 350 g/mol. The number of rotatable bonds is 5. The van der Waals surface area contributed by atoms with Crippen LogP contribution in [-0.4, -0.2) is 9.78 Å². The molecule has 114 valence electrons. The van der Waals surface area contributed by atoms with Crippen molar-refractivity contribution in [3.63, 3.8) is 0 Å². The van der Waals surface area contributed by atoms with Gasteiger partial charge in [0.2, 0.25) is 0 Å². The molecule has 1 N–H and O–H groups in total. The van der Waals surface area contributed by atoms with E-state index in [9.17, 15) is 0 Å². The number of nitrogens with one attached hydrogen (secondary N) is 1. The Morgan fingerprint density at radius 2 is 1.86 bits per heavy atom. The van der Waals surface area contributed by atoms with Crippen LogP contribution in [0.3, 0.4) is 0 Å². The van der Waals surface area contributed by atoms with Crippen molar-refractivity contribution >= 4 is 15.9 Å². The van der Waals surface area contributed by atoms with Crippen LogP contribution in [0.4, 0.5) is 0 Å². The number of aromatic nitrogens is 2. The van der Waals surface area contributed by atoms with Crippen molar-refractivity contribution in [3.05, 3.63) is 51.3 Å². The van der Waals surface area contributed by atoms with Gasteiger partial charge in [0.05, 0.1) is 5.69 Å². The van der Waals surface area contributed by atoms with Crippen LogP contribution in [0.1, 0.15) is 55.4 Å². The first-order chi connectivity index (χ1) is 9.95. The summed E-state index contributed by atoms with van der Waals surface area (Å²) in [7, 11) is 0. The zero-order chi connectivity index (χ0) is 15.6. The zero-order valence-electron chi connectivity index (χ0n) is 13.4. The summed E-state index contributed by atoms with van der Waals surface area (Å²) in [6.45, 7) is 11.7. The lowest BCUT2D eigenvalue weighted by molar-refractivity contribution is 0.489. The molecule has 0 bridgehead atoms. The molecule has 0 aliphatic carbocycles. The van der Waals surface area contributed by atoms with E-state index in [-0.39, 0.29) is 12.1 Å². The predicted octanol–water partition coefficient (Wildman–Crippen LogP) is 4.69. The molecular weight excluding hydrogens is 326 g/mol. The predicted molar refractivity (Wildman–Crippen MR) is 91.5 cm³/mol. The molecule has 2 unspecified atom stereocenters. The largest absolute Gasteiger partial charge is 0.303 e.